The lowest BCUT2D eigenvalue weighted by molar-refractivity contribution is -0.114. The van der Waals surface area contributed by atoms with Crippen molar-refractivity contribution >= 4 is 22.5 Å². The van der Waals surface area contributed by atoms with Crippen molar-refractivity contribution in [3.63, 3.8) is 0 Å². The monoisotopic (exact) mass is 324 g/mol. The smallest absolute Gasteiger partial charge is 0.221 e. The molecule has 0 saturated heterocycles. The van der Waals surface area contributed by atoms with E-state index in [-0.39, 0.29) is 11.7 Å². The van der Waals surface area contributed by atoms with Gasteiger partial charge < -0.3 is 10.1 Å². The molecular weight excluding hydrogens is 307 g/mol. The first-order chi connectivity index (χ1) is 11.6. The highest BCUT2D eigenvalue weighted by atomic mass is 19.1. The van der Waals surface area contributed by atoms with Gasteiger partial charge in [-0.15, -0.1) is 0 Å². The van der Waals surface area contributed by atoms with E-state index in [2.05, 4.69) is 10.3 Å². The van der Waals surface area contributed by atoms with Gasteiger partial charge in [-0.05, 0) is 49.4 Å². The van der Waals surface area contributed by atoms with Crippen molar-refractivity contribution in [1.29, 1.82) is 0 Å². The van der Waals surface area contributed by atoms with Gasteiger partial charge in [0.2, 0.25) is 5.91 Å². The number of ether oxygens (including phenoxy) is 1. The van der Waals surface area contributed by atoms with Crippen LogP contribution in [0, 0.1) is 5.82 Å². The number of halogens is 1. The molecule has 0 saturated carbocycles. The molecule has 0 radical (unpaired) electrons. The molecule has 0 aliphatic heterocycles. The van der Waals surface area contributed by atoms with Gasteiger partial charge in [0.1, 0.15) is 11.6 Å². The zero-order valence-electron chi connectivity index (χ0n) is 13.5. The molecule has 3 rings (SSSR count). The van der Waals surface area contributed by atoms with Gasteiger partial charge in [-0.1, -0.05) is 0 Å². The Kier molecular flexibility index (Phi) is 4.42. The Balaban J connectivity index is 2.13. The second-order valence-electron chi connectivity index (χ2n) is 5.36. The van der Waals surface area contributed by atoms with E-state index < -0.39 is 0 Å². The van der Waals surface area contributed by atoms with Crippen LogP contribution in [-0.2, 0) is 4.79 Å². The predicted octanol–water partition coefficient (Wildman–Crippen LogP) is 4.40. The van der Waals surface area contributed by atoms with Gasteiger partial charge >= 0.3 is 0 Å². The van der Waals surface area contributed by atoms with Gasteiger partial charge in [-0.2, -0.15) is 0 Å². The number of nitrogens with zero attached hydrogens (tertiary/aromatic N) is 1. The third kappa shape index (κ3) is 3.35. The van der Waals surface area contributed by atoms with Crippen molar-refractivity contribution in [3.8, 4) is 17.0 Å². The quantitative estimate of drug-likeness (QED) is 0.774. The second-order valence-corrected chi connectivity index (χ2v) is 5.36. The van der Waals surface area contributed by atoms with E-state index in [4.69, 9.17) is 4.74 Å². The number of aromatic nitrogens is 1. The first-order valence-electron chi connectivity index (χ1n) is 7.68. The Morgan fingerprint density at radius 1 is 1.17 bits per heavy atom. The SMILES string of the molecule is CCOc1cc(-c2ccc(F)cc2)nc2ccc(NC(C)=O)cc12. The average molecular weight is 324 g/mol. The maximum atomic E-state index is 13.1. The molecule has 1 N–H and O–H groups in total. The van der Waals surface area contributed by atoms with Crippen molar-refractivity contribution in [2.45, 2.75) is 13.8 Å². The summed E-state index contributed by atoms with van der Waals surface area (Å²) >= 11 is 0. The number of carbonyl (C=O) groups is 1. The highest BCUT2D eigenvalue weighted by Crippen LogP contribution is 2.32. The van der Waals surface area contributed by atoms with Crippen molar-refractivity contribution in [2.75, 3.05) is 11.9 Å². The zero-order chi connectivity index (χ0) is 17.1. The summed E-state index contributed by atoms with van der Waals surface area (Å²) in [5, 5.41) is 3.57. The molecule has 0 bridgehead atoms. The number of anilines is 1. The Hall–Kier alpha value is -2.95. The zero-order valence-corrected chi connectivity index (χ0v) is 13.5. The maximum Gasteiger partial charge on any atom is 0.221 e. The Labute approximate surface area is 139 Å². The summed E-state index contributed by atoms with van der Waals surface area (Å²) < 4.78 is 18.9. The average Bonchev–Trinajstić information content (AvgIpc) is 2.55. The van der Waals surface area contributed by atoms with E-state index in [1.54, 1.807) is 18.2 Å². The number of hydrogen-bond acceptors (Lipinski definition) is 3. The van der Waals surface area contributed by atoms with Gasteiger partial charge in [0, 0.05) is 29.6 Å². The van der Waals surface area contributed by atoms with E-state index in [0.29, 0.717) is 23.7 Å². The molecule has 1 amide bonds. The van der Waals surface area contributed by atoms with Crippen LogP contribution in [0.25, 0.3) is 22.2 Å². The maximum absolute atomic E-state index is 13.1. The molecule has 1 heterocycles. The molecule has 1 aromatic heterocycles. The summed E-state index contributed by atoms with van der Waals surface area (Å²) in [6.07, 6.45) is 0. The van der Waals surface area contributed by atoms with Gasteiger partial charge in [0.05, 0.1) is 17.8 Å². The Morgan fingerprint density at radius 3 is 2.58 bits per heavy atom. The fraction of sp³-hybridized carbons (Fsp3) is 0.158. The number of benzene rings is 2. The lowest BCUT2D eigenvalue weighted by Crippen LogP contribution is -2.05. The standard InChI is InChI=1S/C19H17FN2O2/c1-3-24-19-11-18(13-4-6-14(20)7-5-13)22-17-9-8-15(10-16(17)19)21-12(2)23/h4-11H,3H2,1-2H3,(H,21,23). The summed E-state index contributed by atoms with van der Waals surface area (Å²) in [6, 6.07) is 13.5. The van der Waals surface area contributed by atoms with E-state index in [1.807, 2.05) is 25.1 Å². The molecule has 0 spiro atoms. The first-order valence-corrected chi connectivity index (χ1v) is 7.68. The Morgan fingerprint density at radius 2 is 1.92 bits per heavy atom. The van der Waals surface area contributed by atoms with Crippen LogP contribution in [-0.4, -0.2) is 17.5 Å². The van der Waals surface area contributed by atoms with E-state index in [0.717, 1.165) is 16.5 Å². The number of pyridine rings is 1. The van der Waals surface area contributed by atoms with Crippen LogP contribution in [0.1, 0.15) is 13.8 Å². The summed E-state index contributed by atoms with van der Waals surface area (Å²) in [7, 11) is 0. The molecular formula is C19H17FN2O2. The molecule has 3 aromatic rings. The van der Waals surface area contributed by atoms with E-state index >= 15 is 0 Å². The molecule has 24 heavy (non-hydrogen) atoms. The summed E-state index contributed by atoms with van der Waals surface area (Å²) in [5.74, 6) is 0.252. The minimum Gasteiger partial charge on any atom is -0.493 e. The second kappa shape index (κ2) is 6.66. The van der Waals surface area contributed by atoms with E-state index in [1.165, 1.54) is 19.1 Å². The fourth-order valence-corrected chi connectivity index (χ4v) is 2.52. The first kappa shape index (κ1) is 15.9. The minimum atomic E-state index is -0.287. The van der Waals surface area contributed by atoms with E-state index in [9.17, 15) is 9.18 Å². The third-order valence-corrected chi connectivity index (χ3v) is 3.53. The van der Waals surface area contributed by atoms with Crippen molar-refractivity contribution in [1.82, 2.24) is 4.98 Å². The fourth-order valence-electron chi connectivity index (χ4n) is 2.52. The summed E-state index contributed by atoms with van der Waals surface area (Å²) in [6.45, 7) is 3.87. The molecule has 4 nitrogen and oxygen atoms in total. The van der Waals surface area contributed by atoms with Crippen LogP contribution in [0.5, 0.6) is 5.75 Å². The van der Waals surface area contributed by atoms with Gasteiger partial charge in [-0.3, -0.25) is 4.79 Å². The molecule has 0 unspecified atom stereocenters. The van der Waals surface area contributed by atoms with Crippen LogP contribution < -0.4 is 10.1 Å². The molecule has 0 atom stereocenters. The van der Waals surface area contributed by atoms with Gasteiger partial charge in [0.15, 0.2) is 0 Å². The highest BCUT2D eigenvalue weighted by molar-refractivity contribution is 5.95. The molecule has 0 aliphatic rings. The van der Waals surface area contributed by atoms with Gasteiger partial charge in [-0.25, -0.2) is 9.37 Å². The predicted molar refractivity (Wildman–Crippen MR) is 92.6 cm³/mol. The van der Waals surface area contributed by atoms with Crippen molar-refractivity contribution < 1.29 is 13.9 Å². The van der Waals surface area contributed by atoms with Crippen molar-refractivity contribution in [2.24, 2.45) is 0 Å². The largest absolute Gasteiger partial charge is 0.493 e. The van der Waals surface area contributed by atoms with Crippen LogP contribution >= 0.6 is 0 Å². The third-order valence-electron chi connectivity index (χ3n) is 3.53. The lowest BCUT2D eigenvalue weighted by atomic mass is 10.1. The number of fused-ring (bicyclic) bond motifs is 1. The normalized spacial score (nSPS) is 10.6. The molecule has 5 heteroatoms. The van der Waals surface area contributed by atoms with Crippen molar-refractivity contribution in [3.05, 3.63) is 54.3 Å². The molecule has 122 valence electrons. The molecule has 0 aliphatic carbocycles. The Bertz CT molecular complexity index is 892. The van der Waals surface area contributed by atoms with Crippen LogP contribution in [0.3, 0.4) is 0 Å². The summed E-state index contributed by atoms with van der Waals surface area (Å²) in [5.41, 5.74) is 2.95. The summed E-state index contributed by atoms with van der Waals surface area (Å²) in [4.78, 5) is 15.9. The molecule has 0 fully saturated rings. The topological polar surface area (TPSA) is 51.2 Å². The number of amides is 1. The van der Waals surface area contributed by atoms with Gasteiger partial charge in [0.25, 0.3) is 0 Å². The molecule has 2 aromatic carbocycles. The van der Waals surface area contributed by atoms with Crippen LogP contribution in [0.2, 0.25) is 0 Å². The minimum absolute atomic E-state index is 0.136. The lowest BCUT2D eigenvalue weighted by Gasteiger charge is -2.12. The van der Waals surface area contributed by atoms with Crippen LogP contribution in [0.4, 0.5) is 10.1 Å². The number of rotatable bonds is 4. The van der Waals surface area contributed by atoms with Crippen LogP contribution in [0.15, 0.2) is 48.5 Å². The number of hydrogen-bond donors (Lipinski definition) is 1. The number of carbonyl (C=O) groups excluding carboxylic acids is 1. The highest BCUT2D eigenvalue weighted by Gasteiger charge is 2.10. The number of nitrogens with one attached hydrogen (secondary N) is 1.